The van der Waals surface area contributed by atoms with E-state index in [-0.39, 0.29) is 11.8 Å². The highest BCUT2D eigenvalue weighted by atomic mass is 35.5. The van der Waals surface area contributed by atoms with Crippen LogP contribution in [-0.4, -0.2) is 23.3 Å². The van der Waals surface area contributed by atoms with Crippen molar-refractivity contribution in [3.8, 4) is 0 Å². The first-order valence-electron chi connectivity index (χ1n) is 8.30. The fourth-order valence-electron chi connectivity index (χ4n) is 2.68. The third-order valence-electron chi connectivity index (χ3n) is 4.43. The Morgan fingerprint density at radius 2 is 1.60 bits per heavy atom. The first-order valence-corrected chi connectivity index (χ1v) is 8.68. The number of aromatic nitrogens is 1. The van der Waals surface area contributed by atoms with Crippen LogP contribution < -0.4 is 10.6 Å². The van der Waals surface area contributed by atoms with Crippen LogP contribution in [0.4, 0.5) is 0 Å². The van der Waals surface area contributed by atoms with Gasteiger partial charge in [-0.15, -0.1) is 0 Å². The molecular weight excluding hydrogens is 338 g/mol. The van der Waals surface area contributed by atoms with Gasteiger partial charge in [-0.25, -0.2) is 0 Å². The molecule has 130 valence electrons. The third kappa shape index (κ3) is 4.37. The molecular formula is C19H20ClN3O2. The lowest BCUT2D eigenvalue weighted by Gasteiger charge is -2.15. The van der Waals surface area contributed by atoms with Crippen LogP contribution in [0.25, 0.3) is 0 Å². The second-order valence-corrected chi connectivity index (χ2v) is 6.69. The molecule has 2 amide bonds. The van der Waals surface area contributed by atoms with Gasteiger partial charge in [0.2, 0.25) is 11.8 Å². The molecule has 1 aromatic heterocycles. The molecule has 1 heterocycles. The zero-order valence-corrected chi connectivity index (χ0v) is 14.6. The quantitative estimate of drug-likeness (QED) is 0.748. The van der Waals surface area contributed by atoms with E-state index in [1.54, 1.807) is 12.4 Å². The van der Waals surface area contributed by atoms with Crippen molar-refractivity contribution in [3.63, 3.8) is 0 Å². The predicted molar refractivity (Wildman–Crippen MR) is 95.9 cm³/mol. The fraction of sp³-hybridized carbons (Fsp3) is 0.316. The molecule has 5 nitrogen and oxygen atoms in total. The van der Waals surface area contributed by atoms with Crippen molar-refractivity contribution in [2.24, 2.45) is 5.41 Å². The van der Waals surface area contributed by atoms with Crippen LogP contribution in [-0.2, 0) is 22.6 Å². The van der Waals surface area contributed by atoms with Crippen molar-refractivity contribution in [3.05, 3.63) is 64.9 Å². The van der Waals surface area contributed by atoms with Crippen molar-refractivity contribution < 1.29 is 9.59 Å². The summed E-state index contributed by atoms with van der Waals surface area (Å²) in [6.07, 6.45) is 5.26. The van der Waals surface area contributed by atoms with Crippen LogP contribution in [0.5, 0.6) is 0 Å². The molecule has 1 saturated carbocycles. The zero-order valence-electron chi connectivity index (χ0n) is 13.8. The number of hydrogen-bond acceptors (Lipinski definition) is 3. The molecule has 1 aliphatic rings. The van der Waals surface area contributed by atoms with Crippen molar-refractivity contribution in [2.45, 2.75) is 25.8 Å². The Labute approximate surface area is 151 Å². The Bertz CT molecular complexity index is 743. The Hall–Kier alpha value is -2.40. The maximum absolute atomic E-state index is 12.4. The molecule has 0 saturated heterocycles. The first kappa shape index (κ1) is 17.4. The van der Waals surface area contributed by atoms with E-state index in [0.29, 0.717) is 37.4 Å². The second-order valence-electron chi connectivity index (χ2n) is 6.25. The molecule has 0 radical (unpaired) electrons. The molecule has 3 rings (SSSR count). The van der Waals surface area contributed by atoms with Crippen LogP contribution >= 0.6 is 11.6 Å². The Morgan fingerprint density at radius 1 is 0.960 bits per heavy atom. The molecule has 1 fully saturated rings. The Kier molecular flexibility index (Phi) is 5.34. The Balaban J connectivity index is 1.47. The minimum Gasteiger partial charge on any atom is -0.355 e. The van der Waals surface area contributed by atoms with E-state index in [2.05, 4.69) is 15.6 Å². The van der Waals surface area contributed by atoms with Gasteiger partial charge < -0.3 is 10.6 Å². The molecule has 25 heavy (non-hydrogen) atoms. The number of halogens is 1. The number of benzene rings is 1. The summed E-state index contributed by atoms with van der Waals surface area (Å²) < 4.78 is 0. The first-order chi connectivity index (χ1) is 12.1. The number of carbonyl (C=O) groups excluding carboxylic acids is 2. The van der Waals surface area contributed by atoms with Crippen molar-refractivity contribution in [1.29, 1.82) is 0 Å². The van der Waals surface area contributed by atoms with E-state index < -0.39 is 5.41 Å². The molecule has 1 aliphatic carbocycles. The van der Waals surface area contributed by atoms with Gasteiger partial charge in [-0.2, -0.15) is 0 Å². The molecule has 0 bridgehead atoms. The number of amides is 2. The smallest absolute Gasteiger partial charge is 0.235 e. The van der Waals surface area contributed by atoms with E-state index in [9.17, 15) is 9.59 Å². The van der Waals surface area contributed by atoms with E-state index in [0.717, 1.165) is 11.1 Å². The van der Waals surface area contributed by atoms with Gasteiger partial charge in [0.05, 0.1) is 0 Å². The second kappa shape index (κ2) is 7.66. The SMILES string of the molecule is O=C(NCCc1ccc(Cl)cc1)C1(C(=O)NCc2ccncc2)CC1. The van der Waals surface area contributed by atoms with Crippen molar-refractivity contribution in [1.82, 2.24) is 15.6 Å². The number of hydrogen-bond donors (Lipinski definition) is 2. The van der Waals surface area contributed by atoms with E-state index in [4.69, 9.17) is 11.6 Å². The van der Waals surface area contributed by atoms with E-state index in [1.165, 1.54) is 0 Å². The summed E-state index contributed by atoms with van der Waals surface area (Å²) in [5.41, 5.74) is 1.16. The number of rotatable bonds is 7. The lowest BCUT2D eigenvalue weighted by Crippen LogP contribution is -2.43. The van der Waals surface area contributed by atoms with Crippen molar-refractivity contribution >= 4 is 23.4 Å². The van der Waals surface area contributed by atoms with Gasteiger partial charge in [0.15, 0.2) is 0 Å². The number of carbonyl (C=O) groups is 2. The molecule has 2 aromatic rings. The average molecular weight is 358 g/mol. The number of pyridine rings is 1. The zero-order chi connectivity index (χ0) is 17.7. The molecule has 0 aliphatic heterocycles. The maximum atomic E-state index is 12.4. The van der Waals surface area contributed by atoms with Crippen LogP contribution in [0.2, 0.25) is 5.02 Å². The van der Waals surface area contributed by atoms with Crippen LogP contribution in [0.15, 0.2) is 48.8 Å². The highest BCUT2D eigenvalue weighted by Gasteiger charge is 2.56. The topological polar surface area (TPSA) is 71.1 Å². The molecule has 0 atom stereocenters. The lowest BCUT2D eigenvalue weighted by molar-refractivity contribution is -0.137. The molecule has 0 spiro atoms. The van der Waals surface area contributed by atoms with Crippen LogP contribution in [0, 0.1) is 5.41 Å². The monoisotopic (exact) mass is 357 g/mol. The lowest BCUT2D eigenvalue weighted by atomic mass is 10.0. The van der Waals surface area contributed by atoms with Crippen LogP contribution in [0.1, 0.15) is 24.0 Å². The molecule has 0 unspecified atom stereocenters. The average Bonchev–Trinajstić information content (AvgIpc) is 3.44. The molecule has 6 heteroatoms. The minimum absolute atomic E-state index is 0.186. The maximum Gasteiger partial charge on any atom is 0.235 e. The van der Waals surface area contributed by atoms with Gasteiger partial charge in [-0.3, -0.25) is 14.6 Å². The summed E-state index contributed by atoms with van der Waals surface area (Å²) in [6, 6.07) is 11.2. The minimum atomic E-state index is -0.896. The van der Waals surface area contributed by atoms with Gasteiger partial charge in [-0.1, -0.05) is 23.7 Å². The number of nitrogens with zero attached hydrogens (tertiary/aromatic N) is 1. The summed E-state index contributed by atoms with van der Waals surface area (Å²) in [7, 11) is 0. The Morgan fingerprint density at radius 3 is 2.24 bits per heavy atom. The van der Waals surface area contributed by atoms with Gasteiger partial charge in [0.25, 0.3) is 0 Å². The van der Waals surface area contributed by atoms with Gasteiger partial charge in [-0.05, 0) is 54.7 Å². The summed E-state index contributed by atoms with van der Waals surface area (Å²) in [5.74, 6) is -0.387. The normalized spacial score (nSPS) is 14.6. The predicted octanol–water partition coefficient (Wildman–Crippen LogP) is 2.49. The molecule has 1 aromatic carbocycles. The largest absolute Gasteiger partial charge is 0.355 e. The summed E-state index contributed by atoms with van der Waals surface area (Å²) >= 11 is 5.86. The highest BCUT2D eigenvalue weighted by molar-refractivity contribution is 6.30. The third-order valence-corrected chi connectivity index (χ3v) is 4.69. The highest BCUT2D eigenvalue weighted by Crippen LogP contribution is 2.46. The standard InChI is InChI=1S/C19H20ClN3O2/c20-16-3-1-14(2-4-16)7-12-22-17(24)19(8-9-19)18(25)23-13-15-5-10-21-11-6-15/h1-6,10-11H,7-9,12-13H2,(H,22,24)(H,23,25). The number of nitrogens with one attached hydrogen (secondary N) is 2. The summed E-state index contributed by atoms with van der Waals surface area (Å²) in [5, 5.41) is 6.43. The van der Waals surface area contributed by atoms with Gasteiger partial charge in [0, 0.05) is 30.5 Å². The molecule has 2 N–H and O–H groups in total. The van der Waals surface area contributed by atoms with E-state index >= 15 is 0 Å². The summed E-state index contributed by atoms with van der Waals surface area (Å²) in [6.45, 7) is 0.904. The fourth-order valence-corrected chi connectivity index (χ4v) is 2.80. The van der Waals surface area contributed by atoms with Crippen LogP contribution in [0.3, 0.4) is 0 Å². The van der Waals surface area contributed by atoms with Gasteiger partial charge >= 0.3 is 0 Å². The summed E-state index contributed by atoms with van der Waals surface area (Å²) in [4.78, 5) is 28.8. The van der Waals surface area contributed by atoms with E-state index in [1.807, 2.05) is 36.4 Å². The van der Waals surface area contributed by atoms with Crippen molar-refractivity contribution in [2.75, 3.05) is 6.54 Å². The van der Waals surface area contributed by atoms with Gasteiger partial charge in [0.1, 0.15) is 5.41 Å².